The molecule has 0 unspecified atom stereocenters. The molecule has 1 aliphatic rings. The maximum atomic E-state index is 6.41. The Morgan fingerprint density at radius 1 is 1.00 bits per heavy atom. The molecule has 0 amide bonds. The molecule has 32 heavy (non-hydrogen) atoms. The zero-order valence-electron chi connectivity index (χ0n) is 17.1. The molecule has 2 aromatic heterocycles. The summed E-state index contributed by atoms with van der Waals surface area (Å²) in [7, 11) is 0. The number of nitrogens with zero attached hydrogens (tertiary/aromatic N) is 2. The zero-order chi connectivity index (χ0) is 22.2. The first-order valence-electron chi connectivity index (χ1n) is 10.1. The molecule has 160 valence electrons. The number of thiocarbonyl (C=S) groups is 1. The number of halogens is 2. The van der Waals surface area contributed by atoms with Gasteiger partial charge in [-0.2, -0.15) is 0 Å². The largest absolute Gasteiger partial charge is 0.459 e. The summed E-state index contributed by atoms with van der Waals surface area (Å²) in [4.78, 5) is 6.73. The lowest BCUT2D eigenvalue weighted by atomic mass is 10.0. The van der Waals surface area contributed by atoms with Gasteiger partial charge in [0.2, 0.25) is 0 Å². The third-order valence-electron chi connectivity index (χ3n) is 5.56. The van der Waals surface area contributed by atoms with E-state index in [2.05, 4.69) is 66.1 Å². The number of rotatable bonds is 4. The molecule has 0 bridgehead atoms. The summed E-state index contributed by atoms with van der Waals surface area (Å²) in [6, 6.07) is 24.0. The van der Waals surface area contributed by atoms with E-state index in [9.17, 15) is 0 Å². The molecule has 0 aliphatic carbocycles. The second-order valence-electron chi connectivity index (χ2n) is 7.64. The van der Waals surface area contributed by atoms with Gasteiger partial charge in [-0.1, -0.05) is 50.1 Å². The van der Waals surface area contributed by atoms with Crippen molar-refractivity contribution in [2.45, 2.75) is 19.0 Å². The molecule has 1 fully saturated rings. The number of benzene rings is 2. The zero-order valence-corrected chi connectivity index (χ0v) is 21.1. The molecule has 3 heterocycles. The van der Waals surface area contributed by atoms with Gasteiger partial charge in [-0.25, -0.2) is 0 Å². The van der Waals surface area contributed by atoms with Crippen molar-refractivity contribution in [2.75, 3.05) is 4.90 Å². The number of hydrogen-bond donors (Lipinski definition) is 1. The summed E-state index contributed by atoms with van der Waals surface area (Å²) in [6.45, 7) is 2.07. The average molecular weight is 569 g/mol. The van der Waals surface area contributed by atoms with Crippen LogP contribution in [0.1, 0.15) is 29.1 Å². The lowest BCUT2D eigenvalue weighted by Crippen LogP contribution is -2.29. The van der Waals surface area contributed by atoms with Crippen molar-refractivity contribution < 1.29 is 4.42 Å². The van der Waals surface area contributed by atoms with Crippen LogP contribution in [0.5, 0.6) is 0 Å². The van der Waals surface area contributed by atoms with Crippen LogP contribution in [0.25, 0.3) is 11.3 Å². The lowest BCUT2D eigenvalue weighted by molar-refractivity contribution is 0.439. The van der Waals surface area contributed by atoms with Crippen LogP contribution < -0.4 is 10.2 Å². The highest BCUT2D eigenvalue weighted by molar-refractivity contribution is 9.10. The monoisotopic (exact) mass is 567 g/mol. The van der Waals surface area contributed by atoms with Crippen LogP contribution in [0.3, 0.4) is 0 Å². The summed E-state index contributed by atoms with van der Waals surface area (Å²) in [5.74, 6) is 1.64. The Kier molecular flexibility index (Phi) is 5.88. The smallest absolute Gasteiger partial charge is 0.174 e. The fraction of sp³-hybridized carbons (Fsp3) is 0.120. The molecule has 2 aromatic carbocycles. The molecule has 0 saturated carbocycles. The number of aromatic nitrogens is 1. The predicted molar refractivity (Wildman–Crippen MR) is 139 cm³/mol. The maximum absolute atomic E-state index is 6.41. The predicted octanol–water partition coefficient (Wildman–Crippen LogP) is 7.35. The first-order valence-corrected chi connectivity index (χ1v) is 12.1. The molecule has 0 spiro atoms. The number of anilines is 1. The molecule has 2 atom stereocenters. The van der Waals surface area contributed by atoms with E-state index in [-0.39, 0.29) is 12.1 Å². The number of aryl methyl sites for hydroxylation is 1. The SMILES string of the molecule is Cc1cc(N2C(=S)N[C@@H](c3ccccn3)[C@@H]2c2ccc(-c3ccc(Br)cc3)o2)ccc1Br. The quantitative estimate of drug-likeness (QED) is 0.261. The molecule has 5 rings (SSSR count). The molecule has 4 aromatic rings. The first-order chi connectivity index (χ1) is 15.5. The third-order valence-corrected chi connectivity index (χ3v) is 7.30. The highest BCUT2D eigenvalue weighted by Crippen LogP contribution is 2.43. The third kappa shape index (κ3) is 4.00. The molecular weight excluding hydrogens is 550 g/mol. The molecule has 1 saturated heterocycles. The number of pyridine rings is 1. The minimum Gasteiger partial charge on any atom is -0.459 e. The number of nitrogens with one attached hydrogen (secondary N) is 1. The van der Waals surface area contributed by atoms with Gasteiger partial charge in [0.25, 0.3) is 0 Å². The van der Waals surface area contributed by atoms with Crippen LogP contribution in [0, 0.1) is 6.92 Å². The van der Waals surface area contributed by atoms with Crippen LogP contribution in [-0.4, -0.2) is 10.1 Å². The van der Waals surface area contributed by atoms with Gasteiger partial charge in [-0.15, -0.1) is 0 Å². The second-order valence-corrected chi connectivity index (χ2v) is 9.80. The van der Waals surface area contributed by atoms with E-state index in [1.165, 1.54) is 0 Å². The highest BCUT2D eigenvalue weighted by atomic mass is 79.9. The van der Waals surface area contributed by atoms with Gasteiger partial charge < -0.3 is 14.6 Å². The fourth-order valence-corrected chi connectivity index (χ4v) is 4.84. The van der Waals surface area contributed by atoms with Crippen molar-refractivity contribution in [1.29, 1.82) is 0 Å². The van der Waals surface area contributed by atoms with E-state index >= 15 is 0 Å². The van der Waals surface area contributed by atoms with E-state index in [4.69, 9.17) is 16.6 Å². The molecule has 7 heteroatoms. The second kappa shape index (κ2) is 8.81. The Morgan fingerprint density at radius 3 is 2.53 bits per heavy atom. The average Bonchev–Trinajstić information content (AvgIpc) is 3.41. The first kappa shape index (κ1) is 21.4. The standard InChI is InChI=1S/C25H19Br2N3OS/c1-15-14-18(9-10-19(15)27)30-24(23(29-25(30)32)20-4-2-3-13-28-20)22-12-11-21(31-22)16-5-7-17(26)8-6-16/h2-14,23-24H,1H3,(H,29,32)/t23-,24-/m0/s1. The van der Waals surface area contributed by atoms with Crippen molar-refractivity contribution in [2.24, 2.45) is 0 Å². The summed E-state index contributed by atoms with van der Waals surface area (Å²) in [5, 5.41) is 4.12. The fourth-order valence-electron chi connectivity index (χ4n) is 3.98. The Labute approximate surface area is 208 Å². The van der Waals surface area contributed by atoms with Gasteiger partial charge in [0.15, 0.2) is 5.11 Å². The van der Waals surface area contributed by atoms with Crippen LogP contribution >= 0.6 is 44.1 Å². The van der Waals surface area contributed by atoms with Crippen molar-refractivity contribution in [1.82, 2.24) is 10.3 Å². The van der Waals surface area contributed by atoms with E-state index in [0.717, 1.165) is 43.0 Å². The van der Waals surface area contributed by atoms with E-state index in [1.807, 2.05) is 60.7 Å². The summed E-state index contributed by atoms with van der Waals surface area (Å²) in [6.07, 6.45) is 1.80. The van der Waals surface area contributed by atoms with Gasteiger partial charge in [-0.3, -0.25) is 4.98 Å². The molecular formula is C25H19Br2N3OS. The summed E-state index contributed by atoms with van der Waals surface area (Å²) >= 11 is 12.9. The van der Waals surface area contributed by atoms with E-state index < -0.39 is 0 Å². The van der Waals surface area contributed by atoms with Crippen LogP contribution in [0.15, 0.2) is 92.4 Å². The Balaban J connectivity index is 1.60. The van der Waals surface area contributed by atoms with Gasteiger partial charge >= 0.3 is 0 Å². The molecule has 4 nitrogen and oxygen atoms in total. The lowest BCUT2D eigenvalue weighted by Gasteiger charge is -2.26. The Bertz CT molecular complexity index is 1270. The summed E-state index contributed by atoms with van der Waals surface area (Å²) < 4.78 is 8.50. The van der Waals surface area contributed by atoms with Gasteiger partial charge in [0, 0.05) is 26.4 Å². The normalized spacial score (nSPS) is 18.1. The Morgan fingerprint density at radius 2 is 1.81 bits per heavy atom. The highest BCUT2D eigenvalue weighted by Gasteiger charge is 2.42. The maximum Gasteiger partial charge on any atom is 0.174 e. The van der Waals surface area contributed by atoms with E-state index in [1.54, 1.807) is 6.20 Å². The molecule has 1 aliphatic heterocycles. The Hall–Kier alpha value is -2.48. The van der Waals surface area contributed by atoms with Gasteiger partial charge in [-0.05, 0) is 79.3 Å². The number of hydrogen-bond acceptors (Lipinski definition) is 3. The van der Waals surface area contributed by atoms with Gasteiger partial charge in [0.1, 0.15) is 17.6 Å². The minimum atomic E-state index is -0.179. The molecule has 0 radical (unpaired) electrons. The van der Waals surface area contributed by atoms with Crippen LogP contribution in [-0.2, 0) is 0 Å². The van der Waals surface area contributed by atoms with Crippen molar-refractivity contribution in [3.63, 3.8) is 0 Å². The van der Waals surface area contributed by atoms with Crippen molar-refractivity contribution in [3.8, 4) is 11.3 Å². The van der Waals surface area contributed by atoms with E-state index in [0.29, 0.717) is 5.11 Å². The van der Waals surface area contributed by atoms with Crippen LogP contribution in [0.2, 0.25) is 0 Å². The number of furan rings is 1. The van der Waals surface area contributed by atoms with Crippen LogP contribution in [0.4, 0.5) is 5.69 Å². The molecule has 1 N–H and O–H groups in total. The topological polar surface area (TPSA) is 41.3 Å². The minimum absolute atomic E-state index is 0.142. The van der Waals surface area contributed by atoms with Crippen molar-refractivity contribution >= 4 is 54.9 Å². The summed E-state index contributed by atoms with van der Waals surface area (Å²) in [5.41, 5.74) is 4.08. The van der Waals surface area contributed by atoms with Gasteiger partial charge in [0.05, 0.1) is 11.7 Å². The van der Waals surface area contributed by atoms with Crippen molar-refractivity contribution in [3.05, 3.63) is 105 Å².